The summed E-state index contributed by atoms with van der Waals surface area (Å²) in [7, 11) is 0. The van der Waals surface area contributed by atoms with Crippen LogP contribution in [0, 0.1) is 18.3 Å². The van der Waals surface area contributed by atoms with Gasteiger partial charge in [-0.2, -0.15) is 5.26 Å². The molecule has 5 heteroatoms. The molecule has 1 aromatic heterocycles. The van der Waals surface area contributed by atoms with Crippen molar-refractivity contribution in [3.05, 3.63) is 53.0 Å². The lowest BCUT2D eigenvalue weighted by Crippen LogP contribution is -2.24. The number of nitriles is 1. The predicted octanol–water partition coefficient (Wildman–Crippen LogP) is 3.44. The van der Waals surface area contributed by atoms with Gasteiger partial charge >= 0.3 is 0 Å². The minimum atomic E-state index is 0.285. The Hall–Kier alpha value is -2.71. The molecule has 0 N–H and O–H groups in total. The standard InChI is InChI=1S/C20H22N4O/c1-3-25-18-9-10-24(14-18)20-11-15(2)22-19(23-20)8-7-16-5-4-6-17(12-16)13-21/h4-8,11-12,18H,3,9-10,14H2,1-2H3/b8-7+. The molecule has 0 saturated carbocycles. The van der Waals surface area contributed by atoms with Crippen molar-refractivity contribution in [2.75, 3.05) is 24.6 Å². The molecule has 1 aromatic carbocycles. The van der Waals surface area contributed by atoms with Gasteiger partial charge in [0.25, 0.3) is 0 Å². The Bertz CT molecular complexity index is 810. The second-order valence-corrected chi connectivity index (χ2v) is 6.11. The summed E-state index contributed by atoms with van der Waals surface area (Å²) in [4.78, 5) is 11.4. The normalized spacial score (nSPS) is 17.2. The predicted molar refractivity (Wildman–Crippen MR) is 99.1 cm³/mol. The van der Waals surface area contributed by atoms with Crippen LogP contribution >= 0.6 is 0 Å². The largest absolute Gasteiger partial charge is 0.377 e. The molecule has 1 saturated heterocycles. The van der Waals surface area contributed by atoms with E-state index in [1.807, 2.05) is 50.3 Å². The Morgan fingerprint density at radius 2 is 2.20 bits per heavy atom. The van der Waals surface area contributed by atoms with Gasteiger partial charge in [-0.3, -0.25) is 0 Å². The molecule has 0 amide bonds. The highest BCUT2D eigenvalue weighted by molar-refractivity contribution is 5.68. The first-order valence-corrected chi connectivity index (χ1v) is 8.58. The van der Waals surface area contributed by atoms with Gasteiger partial charge in [-0.05, 0) is 44.0 Å². The summed E-state index contributed by atoms with van der Waals surface area (Å²) < 4.78 is 5.72. The van der Waals surface area contributed by atoms with Crippen LogP contribution in [-0.2, 0) is 4.74 Å². The van der Waals surface area contributed by atoms with Crippen molar-refractivity contribution in [3.8, 4) is 6.07 Å². The quantitative estimate of drug-likeness (QED) is 0.838. The van der Waals surface area contributed by atoms with Crippen LogP contribution in [0.15, 0.2) is 30.3 Å². The minimum Gasteiger partial charge on any atom is -0.377 e. The molecule has 25 heavy (non-hydrogen) atoms. The summed E-state index contributed by atoms with van der Waals surface area (Å²) in [6.45, 7) is 6.58. The average Bonchev–Trinajstić information content (AvgIpc) is 3.09. The number of aromatic nitrogens is 2. The van der Waals surface area contributed by atoms with E-state index < -0.39 is 0 Å². The van der Waals surface area contributed by atoms with Crippen LogP contribution in [0.2, 0.25) is 0 Å². The van der Waals surface area contributed by atoms with Gasteiger partial charge in [0.2, 0.25) is 0 Å². The Labute approximate surface area is 148 Å². The highest BCUT2D eigenvalue weighted by atomic mass is 16.5. The van der Waals surface area contributed by atoms with E-state index in [1.165, 1.54) is 0 Å². The Balaban J connectivity index is 1.78. The summed E-state index contributed by atoms with van der Waals surface area (Å²) in [5.41, 5.74) is 2.55. The van der Waals surface area contributed by atoms with Crippen molar-refractivity contribution in [1.82, 2.24) is 9.97 Å². The molecule has 0 bridgehead atoms. The van der Waals surface area contributed by atoms with Crippen molar-refractivity contribution < 1.29 is 4.74 Å². The van der Waals surface area contributed by atoms with Crippen LogP contribution in [0.4, 0.5) is 5.82 Å². The number of anilines is 1. The Kier molecular flexibility index (Phi) is 5.42. The van der Waals surface area contributed by atoms with Crippen LogP contribution in [0.5, 0.6) is 0 Å². The van der Waals surface area contributed by atoms with Gasteiger partial charge in [-0.1, -0.05) is 18.2 Å². The number of rotatable bonds is 5. The number of hydrogen-bond acceptors (Lipinski definition) is 5. The van der Waals surface area contributed by atoms with E-state index in [0.29, 0.717) is 11.4 Å². The van der Waals surface area contributed by atoms with Crippen LogP contribution < -0.4 is 4.90 Å². The maximum Gasteiger partial charge on any atom is 0.154 e. The van der Waals surface area contributed by atoms with Crippen LogP contribution in [0.1, 0.15) is 36.0 Å². The lowest BCUT2D eigenvalue weighted by Gasteiger charge is -2.18. The molecule has 3 rings (SSSR count). The molecular weight excluding hydrogens is 312 g/mol. The van der Waals surface area contributed by atoms with Crippen molar-refractivity contribution in [2.24, 2.45) is 0 Å². The lowest BCUT2D eigenvalue weighted by molar-refractivity contribution is 0.0787. The van der Waals surface area contributed by atoms with E-state index in [4.69, 9.17) is 10.00 Å². The van der Waals surface area contributed by atoms with E-state index in [9.17, 15) is 0 Å². The maximum absolute atomic E-state index is 8.99. The van der Waals surface area contributed by atoms with E-state index in [2.05, 4.69) is 20.9 Å². The van der Waals surface area contributed by atoms with Crippen molar-refractivity contribution >= 4 is 18.0 Å². The fourth-order valence-electron chi connectivity index (χ4n) is 3.00. The number of aryl methyl sites for hydroxylation is 1. The van der Waals surface area contributed by atoms with Crippen molar-refractivity contribution in [3.63, 3.8) is 0 Å². The van der Waals surface area contributed by atoms with Gasteiger partial charge in [0.05, 0.1) is 17.7 Å². The summed E-state index contributed by atoms with van der Waals surface area (Å²) in [6.07, 6.45) is 5.14. The third kappa shape index (κ3) is 4.43. The summed E-state index contributed by atoms with van der Waals surface area (Å²) in [5, 5.41) is 8.99. The van der Waals surface area contributed by atoms with E-state index in [-0.39, 0.29) is 6.10 Å². The van der Waals surface area contributed by atoms with Crippen LogP contribution in [0.25, 0.3) is 12.2 Å². The first kappa shape index (κ1) is 17.1. The second kappa shape index (κ2) is 7.91. The fraction of sp³-hybridized carbons (Fsp3) is 0.350. The van der Waals surface area contributed by atoms with Gasteiger partial charge in [0, 0.05) is 31.5 Å². The third-order valence-electron chi connectivity index (χ3n) is 4.17. The molecule has 0 spiro atoms. The monoisotopic (exact) mass is 334 g/mol. The van der Waals surface area contributed by atoms with Gasteiger partial charge in [0.1, 0.15) is 5.82 Å². The summed E-state index contributed by atoms with van der Waals surface area (Å²) in [6, 6.07) is 11.6. The van der Waals surface area contributed by atoms with Crippen molar-refractivity contribution in [1.29, 1.82) is 5.26 Å². The minimum absolute atomic E-state index is 0.285. The fourth-order valence-corrected chi connectivity index (χ4v) is 3.00. The number of nitrogens with zero attached hydrogens (tertiary/aromatic N) is 4. The molecule has 0 radical (unpaired) electrons. The van der Waals surface area contributed by atoms with E-state index in [0.717, 1.165) is 43.2 Å². The molecule has 2 heterocycles. The number of ether oxygens (including phenoxy) is 1. The second-order valence-electron chi connectivity index (χ2n) is 6.11. The Morgan fingerprint density at radius 3 is 3.00 bits per heavy atom. The molecule has 0 aliphatic carbocycles. The molecule has 1 aliphatic heterocycles. The topological polar surface area (TPSA) is 62.0 Å². The molecule has 5 nitrogen and oxygen atoms in total. The van der Waals surface area contributed by atoms with E-state index in [1.54, 1.807) is 6.07 Å². The molecule has 1 unspecified atom stereocenters. The third-order valence-corrected chi connectivity index (χ3v) is 4.17. The average molecular weight is 334 g/mol. The number of benzene rings is 1. The van der Waals surface area contributed by atoms with Gasteiger partial charge < -0.3 is 9.64 Å². The molecular formula is C20H22N4O. The molecule has 1 aliphatic rings. The Morgan fingerprint density at radius 1 is 1.32 bits per heavy atom. The molecule has 1 atom stereocenters. The van der Waals surface area contributed by atoms with E-state index >= 15 is 0 Å². The lowest BCUT2D eigenvalue weighted by atomic mass is 10.1. The van der Waals surface area contributed by atoms with Crippen LogP contribution in [-0.4, -0.2) is 35.8 Å². The zero-order valence-corrected chi connectivity index (χ0v) is 14.6. The van der Waals surface area contributed by atoms with Gasteiger partial charge in [0.15, 0.2) is 5.82 Å². The SMILES string of the molecule is CCOC1CCN(c2cc(C)nc(/C=C/c3cccc(C#N)c3)n2)C1. The summed E-state index contributed by atoms with van der Waals surface area (Å²) >= 11 is 0. The van der Waals surface area contributed by atoms with Crippen LogP contribution in [0.3, 0.4) is 0 Å². The first-order valence-electron chi connectivity index (χ1n) is 8.58. The maximum atomic E-state index is 8.99. The summed E-state index contributed by atoms with van der Waals surface area (Å²) in [5.74, 6) is 1.62. The van der Waals surface area contributed by atoms with Gasteiger partial charge in [-0.25, -0.2) is 9.97 Å². The zero-order chi connectivity index (χ0) is 17.6. The molecule has 2 aromatic rings. The highest BCUT2D eigenvalue weighted by Crippen LogP contribution is 2.21. The number of hydrogen-bond donors (Lipinski definition) is 0. The molecule has 128 valence electrons. The van der Waals surface area contributed by atoms with Crippen molar-refractivity contribution in [2.45, 2.75) is 26.4 Å². The smallest absolute Gasteiger partial charge is 0.154 e. The highest BCUT2D eigenvalue weighted by Gasteiger charge is 2.24. The van der Waals surface area contributed by atoms with Gasteiger partial charge in [-0.15, -0.1) is 0 Å². The molecule has 1 fully saturated rings. The zero-order valence-electron chi connectivity index (χ0n) is 14.6. The first-order chi connectivity index (χ1) is 12.2.